The first-order valence-electron chi connectivity index (χ1n) is 8.13. The Labute approximate surface area is 122 Å². The van der Waals surface area contributed by atoms with Crippen LogP contribution in [0.5, 0.6) is 0 Å². The molecule has 4 nitrogen and oxygen atoms in total. The molecule has 114 valence electrons. The van der Waals surface area contributed by atoms with Gasteiger partial charge < -0.3 is 5.32 Å². The van der Waals surface area contributed by atoms with Crippen LogP contribution in [0.2, 0.25) is 0 Å². The summed E-state index contributed by atoms with van der Waals surface area (Å²) >= 11 is 0. The van der Waals surface area contributed by atoms with E-state index in [1.54, 1.807) is 4.90 Å². The van der Waals surface area contributed by atoms with Gasteiger partial charge in [-0.15, -0.1) is 0 Å². The van der Waals surface area contributed by atoms with Crippen LogP contribution in [0.15, 0.2) is 0 Å². The van der Waals surface area contributed by atoms with E-state index in [9.17, 15) is 9.59 Å². The lowest BCUT2D eigenvalue weighted by molar-refractivity contribution is -0.140. The van der Waals surface area contributed by atoms with Crippen LogP contribution in [0.3, 0.4) is 0 Å². The maximum Gasteiger partial charge on any atom is 0.233 e. The van der Waals surface area contributed by atoms with Crippen molar-refractivity contribution in [2.24, 2.45) is 17.8 Å². The maximum atomic E-state index is 12.3. The first-order valence-corrected chi connectivity index (χ1v) is 8.13. The molecule has 1 aliphatic heterocycles. The summed E-state index contributed by atoms with van der Waals surface area (Å²) in [7, 11) is 0. The SMILES string of the molecule is CCNC(C)CCCCN1C(=O)C2CC(C)CC2C1=O. The first-order chi connectivity index (χ1) is 9.54. The number of amides is 2. The Hall–Kier alpha value is -0.900. The Morgan fingerprint density at radius 1 is 1.20 bits per heavy atom. The van der Waals surface area contributed by atoms with Crippen LogP contribution in [0.4, 0.5) is 0 Å². The lowest BCUT2D eigenvalue weighted by Crippen LogP contribution is -2.33. The molecule has 0 radical (unpaired) electrons. The molecule has 2 amide bonds. The Bertz CT molecular complexity index is 345. The molecule has 2 fully saturated rings. The highest BCUT2D eigenvalue weighted by Crippen LogP contribution is 2.42. The summed E-state index contributed by atoms with van der Waals surface area (Å²) in [5.74, 6) is 0.727. The second-order valence-electron chi connectivity index (χ2n) is 6.57. The van der Waals surface area contributed by atoms with Gasteiger partial charge in [-0.1, -0.05) is 20.3 Å². The number of hydrogen-bond acceptors (Lipinski definition) is 3. The van der Waals surface area contributed by atoms with Gasteiger partial charge in [-0.3, -0.25) is 14.5 Å². The Morgan fingerprint density at radius 3 is 2.35 bits per heavy atom. The molecule has 1 saturated carbocycles. The smallest absolute Gasteiger partial charge is 0.233 e. The summed E-state index contributed by atoms with van der Waals surface area (Å²) in [6.45, 7) is 8.05. The van der Waals surface area contributed by atoms with Gasteiger partial charge >= 0.3 is 0 Å². The predicted molar refractivity (Wildman–Crippen MR) is 79.1 cm³/mol. The lowest BCUT2D eigenvalue weighted by atomic mass is 10.00. The molecule has 1 N–H and O–H groups in total. The number of carbonyl (C=O) groups excluding carboxylic acids is 2. The van der Waals surface area contributed by atoms with Crippen LogP contribution in [0, 0.1) is 17.8 Å². The largest absolute Gasteiger partial charge is 0.315 e. The van der Waals surface area contributed by atoms with E-state index in [0.717, 1.165) is 38.6 Å². The summed E-state index contributed by atoms with van der Waals surface area (Å²) in [5, 5.41) is 3.38. The zero-order chi connectivity index (χ0) is 14.7. The van der Waals surface area contributed by atoms with Gasteiger partial charge in [-0.05, 0) is 45.1 Å². The molecular weight excluding hydrogens is 252 g/mol. The average Bonchev–Trinajstić information content (AvgIpc) is 2.87. The van der Waals surface area contributed by atoms with Crippen molar-refractivity contribution < 1.29 is 9.59 Å². The minimum absolute atomic E-state index is 0.00168. The highest BCUT2D eigenvalue weighted by molar-refractivity contribution is 6.05. The number of nitrogens with one attached hydrogen (secondary N) is 1. The van der Waals surface area contributed by atoms with E-state index in [1.807, 2.05) is 0 Å². The van der Waals surface area contributed by atoms with Crippen LogP contribution < -0.4 is 5.32 Å². The Balaban J connectivity index is 1.74. The number of nitrogens with zero attached hydrogens (tertiary/aromatic N) is 1. The van der Waals surface area contributed by atoms with Gasteiger partial charge in [0, 0.05) is 12.6 Å². The number of fused-ring (bicyclic) bond motifs is 1. The van der Waals surface area contributed by atoms with E-state index in [2.05, 4.69) is 26.1 Å². The topological polar surface area (TPSA) is 49.4 Å². The van der Waals surface area contributed by atoms with Crippen molar-refractivity contribution in [3.8, 4) is 0 Å². The first kappa shape index (κ1) is 15.5. The molecule has 2 aliphatic rings. The molecule has 0 aromatic rings. The summed E-state index contributed by atoms with van der Waals surface area (Å²) in [5.41, 5.74) is 0. The molecular formula is C16H28N2O2. The second-order valence-corrected chi connectivity index (χ2v) is 6.57. The average molecular weight is 280 g/mol. The van der Waals surface area contributed by atoms with Crippen LogP contribution in [-0.4, -0.2) is 35.8 Å². The van der Waals surface area contributed by atoms with Gasteiger partial charge in [-0.2, -0.15) is 0 Å². The van der Waals surface area contributed by atoms with Crippen LogP contribution in [-0.2, 0) is 9.59 Å². The third-order valence-corrected chi connectivity index (χ3v) is 4.79. The minimum atomic E-state index is -0.00168. The van der Waals surface area contributed by atoms with Crippen molar-refractivity contribution in [3.63, 3.8) is 0 Å². The molecule has 2 rings (SSSR count). The van der Waals surface area contributed by atoms with Gasteiger partial charge in [0.25, 0.3) is 0 Å². The minimum Gasteiger partial charge on any atom is -0.315 e. The van der Waals surface area contributed by atoms with Gasteiger partial charge in [0.05, 0.1) is 11.8 Å². The molecule has 3 unspecified atom stereocenters. The van der Waals surface area contributed by atoms with Crippen molar-refractivity contribution in [3.05, 3.63) is 0 Å². The molecule has 20 heavy (non-hydrogen) atoms. The number of carbonyl (C=O) groups is 2. The zero-order valence-electron chi connectivity index (χ0n) is 13.0. The molecule has 1 heterocycles. The van der Waals surface area contributed by atoms with Crippen LogP contribution in [0.1, 0.15) is 52.9 Å². The van der Waals surface area contributed by atoms with E-state index < -0.39 is 0 Å². The lowest BCUT2D eigenvalue weighted by Gasteiger charge is -2.17. The maximum absolute atomic E-state index is 12.3. The number of unbranched alkanes of at least 4 members (excludes halogenated alkanes) is 1. The van der Waals surface area contributed by atoms with E-state index in [1.165, 1.54) is 0 Å². The number of likely N-dealkylation sites (tertiary alicyclic amines) is 1. The Morgan fingerprint density at radius 2 is 1.80 bits per heavy atom. The summed E-state index contributed by atoms with van der Waals surface area (Å²) in [6, 6.07) is 0.519. The molecule has 1 aliphatic carbocycles. The molecule has 1 saturated heterocycles. The normalized spacial score (nSPS) is 30.9. The molecule has 0 aromatic heterocycles. The van der Waals surface area contributed by atoms with Crippen molar-refractivity contribution in [2.75, 3.05) is 13.1 Å². The molecule has 0 aromatic carbocycles. The third-order valence-electron chi connectivity index (χ3n) is 4.79. The van der Waals surface area contributed by atoms with E-state index in [4.69, 9.17) is 0 Å². The fourth-order valence-corrected chi connectivity index (χ4v) is 3.74. The highest BCUT2D eigenvalue weighted by Gasteiger charge is 2.51. The monoisotopic (exact) mass is 280 g/mol. The van der Waals surface area contributed by atoms with Gasteiger partial charge in [-0.25, -0.2) is 0 Å². The van der Waals surface area contributed by atoms with E-state index in [-0.39, 0.29) is 23.7 Å². The van der Waals surface area contributed by atoms with Crippen LogP contribution >= 0.6 is 0 Å². The van der Waals surface area contributed by atoms with Crippen molar-refractivity contribution in [1.82, 2.24) is 10.2 Å². The molecule has 0 spiro atoms. The van der Waals surface area contributed by atoms with E-state index >= 15 is 0 Å². The van der Waals surface area contributed by atoms with Crippen molar-refractivity contribution >= 4 is 11.8 Å². The standard InChI is InChI=1S/C16H28N2O2/c1-4-17-12(3)7-5-6-8-18-15(19)13-9-11(2)10-14(13)16(18)20/h11-14,17H,4-10H2,1-3H3. The van der Waals surface area contributed by atoms with Gasteiger partial charge in [0.2, 0.25) is 11.8 Å². The Kier molecular flexibility index (Phi) is 5.19. The fourth-order valence-electron chi connectivity index (χ4n) is 3.74. The fraction of sp³-hybridized carbons (Fsp3) is 0.875. The zero-order valence-corrected chi connectivity index (χ0v) is 13.0. The number of rotatable bonds is 7. The second kappa shape index (κ2) is 6.70. The highest BCUT2D eigenvalue weighted by atomic mass is 16.2. The van der Waals surface area contributed by atoms with Crippen LogP contribution in [0.25, 0.3) is 0 Å². The molecule has 4 heteroatoms. The summed E-state index contributed by atoms with van der Waals surface area (Å²) in [4.78, 5) is 26.1. The molecule has 0 bridgehead atoms. The van der Waals surface area contributed by atoms with Crippen molar-refractivity contribution in [1.29, 1.82) is 0 Å². The third kappa shape index (κ3) is 3.22. The summed E-state index contributed by atoms with van der Waals surface area (Å²) < 4.78 is 0. The van der Waals surface area contributed by atoms with Gasteiger partial charge in [0.1, 0.15) is 0 Å². The number of imide groups is 1. The predicted octanol–water partition coefficient (Wildman–Crippen LogP) is 2.19. The quantitative estimate of drug-likeness (QED) is 0.574. The number of hydrogen-bond donors (Lipinski definition) is 1. The summed E-state index contributed by atoms with van der Waals surface area (Å²) in [6.07, 6.45) is 4.92. The van der Waals surface area contributed by atoms with Gasteiger partial charge in [0.15, 0.2) is 0 Å². The van der Waals surface area contributed by atoms with E-state index in [0.29, 0.717) is 18.5 Å². The molecule has 3 atom stereocenters. The van der Waals surface area contributed by atoms with Crippen molar-refractivity contribution in [2.45, 2.75) is 58.9 Å².